The van der Waals surface area contributed by atoms with E-state index in [-0.39, 0.29) is 6.61 Å². The number of rotatable bonds is 7. The largest absolute Gasteiger partial charge is 0.497 e. The molecule has 7 nitrogen and oxygen atoms in total. The number of carboxylic acid groups (broad SMARTS) is 1. The lowest BCUT2D eigenvalue weighted by Crippen LogP contribution is -2.38. The Labute approximate surface area is 146 Å². The zero-order chi connectivity index (χ0) is 17.9. The summed E-state index contributed by atoms with van der Waals surface area (Å²) in [5.41, 5.74) is 0.0698. The minimum atomic E-state index is -0.847. The minimum absolute atomic E-state index is 0.210. The van der Waals surface area contributed by atoms with Crippen molar-refractivity contribution in [2.24, 2.45) is 5.41 Å². The molecule has 3 rings (SSSR count). The highest BCUT2D eigenvalue weighted by molar-refractivity contribution is 5.75. The van der Waals surface area contributed by atoms with Gasteiger partial charge in [0.2, 0.25) is 5.89 Å². The summed E-state index contributed by atoms with van der Waals surface area (Å²) in [5.74, 6) is 1.22. The van der Waals surface area contributed by atoms with Gasteiger partial charge in [0, 0.05) is 19.2 Å². The molecule has 1 aliphatic rings. The highest BCUT2D eigenvalue weighted by Gasteiger charge is 2.45. The fraction of sp³-hybridized carbons (Fsp3) is 0.444. The molecule has 0 bridgehead atoms. The third-order valence-corrected chi connectivity index (χ3v) is 4.59. The van der Waals surface area contributed by atoms with E-state index in [1.165, 1.54) is 7.11 Å². The Bertz CT molecular complexity index is 727. The Hall–Kier alpha value is -2.38. The fourth-order valence-electron chi connectivity index (χ4n) is 3.19. The molecule has 7 heteroatoms. The van der Waals surface area contributed by atoms with Crippen molar-refractivity contribution in [1.82, 2.24) is 9.88 Å². The van der Waals surface area contributed by atoms with Crippen molar-refractivity contribution in [3.8, 4) is 17.1 Å². The lowest BCUT2D eigenvalue weighted by Gasteiger charge is -2.23. The molecular weight excluding hydrogens is 324 g/mol. The summed E-state index contributed by atoms with van der Waals surface area (Å²) >= 11 is 0. The van der Waals surface area contributed by atoms with Gasteiger partial charge in [0.25, 0.3) is 0 Å². The van der Waals surface area contributed by atoms with Gasteiger partial charge in [-0.2, -0.15) is 0 Å². The van der Waals surface area contributed by atoms with Crippen LogP contribution in [0, 0.1) is 5.41 Å². The van der Waals surface area contributed by atoms with E-state index in [9.17, 15) is 9.90 Å². The summed E-state index contributed by atoms with van der Waals surface area (Å²) in [6.07, 6.45) is 2.25. The second kappa shape index (κ2) is 7.25. The van der Waals surface area contributed by atoms with Gasteiger partial charge in [-0.3, -0.25) is 9.69 Å². The van der Waals surface area contributed by atoms with Crippen LogP contribution >= 0.6 is 0 Å². The molecule has 134 valence electrons. The first-order valence-electron chi connectivity index (χ1n) is 8.10. The molecule has 1 fully saturated rings. The number of carboxylic acids is 1. The first-order chi connectivity index (χ1) is 12.1. The maximum atomic E-state index is 11.6. The summed E-state index contributed by atoms with van der Waals surface area (Å²) in [6, 6.07) is 7.55. The molecule has 2 aromatic rings. The number of benzene rings is 1. The second-order valence-electron chi connectivity index (χ2n) is 6.33. The minimum Gasteiger partial charge on any atom is -0.497 e. The van der Waals surface area contributed by atoms with Crippen molar-refractivity contribution < 1.29 is 23.8 Å². The van der Waals surface area contributed by atoms with E-state index < -0.39 is 11.4 Å². The number of likely N-dealkylation sites (tertiary alicyclic amines) is 1. The lowest BCUT2D eigenvalue weighted by atomic mass is 9.88. The number of hydrogen-bond acceptors (Lipinski definition) is 6. The SMILES string of the molecule is COCC1(C(=O)O)CCN(Cc2ncc(-c3ccc(OC)cc3)o2)C1. The van der Waals surface area contributed by atoms with E-state index in [4.69, 9.17) is 13.9 Å². The molecule has 1 saturated heterocycles. The Balaban J connectivity index is 1.66. The number of hydrogen-bond donors (Lipinski definition) is 1. The molecule has 0 amide bonds. The van der Waals surface area contributed by atoms with E-state index in [0.717, 1.165) is 11.3 Å². The predicted molar refractivity (Wildman–Crippen MR) is 90.3 cm³/mol. The van der Waals surface area contributed by atoms with Gasteiger partial charge in [-0.1, -0.05) is 0 Å². The van der Waals surface area contributed by atoms with Crippen molar-refractivity contribution in [3.63, 3.8) is 0 Å². The molecule has 0 saturated carbocycles. The molecule has 25 heavy (non-hydrogen) atoms. The maximum absolute atomic E-state index is 11.6. The zero-order valence-electron chi connectivity index (χ0n) is 14.4. The van der Waals surface area contributed by atoms with Crippen LogP contribution in [0.5, 0.6) is 5.75 Å². The molecule has 0 aliphatic carbocycles. The third-order valence-electron chi connectivity index (χ3n) is 4.59. The molecule has 1 atom stereocenters. The van der Waals surface area contributed by atoms with Crippen LogP contribution in [0.15, 0.2) is 34.9 Å². The van der Waals surface area contributed by atoms with Gasteiger partial charge in [-0.05, 0) is 37.2 Å². The number of ether oxygens (including phenoxy) is 2. The predicted octanol–water partition coefficient (Wildman–Crippen LogP) is 2.27. The maximum Gasteiger partial charge on any atom is 0.313 e. The van der Waals surface area contributed by atoms with E-state index >= 15 is 0 Å². The highest BCUT2D eigenvalue weighted by Crippen LogP contribution is 2.32. The molecule has 1 unspecified atom stereocenters. The van der Waals surface area contributed by atoms with Crippen molar-refractivity contribution >= 4 is 5.97 Å². The number of carbonyl (C=O) groups is 1. The van der Waals surface area contributed by atoms with Crippen LogP contribution < -0.4 is 4.74 Å². The summed E-state index contributed by atoms with van der Waals surface area (Å²) in [7, 11) is 3.15. The number of aliphatic carboxylic acids is 1. The Kier molecular flexibility index (Phi) is 5.06. The van der Waals surface area contributed by atoms with Crippen LogP contribution in [0.2, 0.25) is 0 Å². The molecule has 1 N–H and O–H groups in total. The van der Waals surface area contributed by atoms with E-state index in [2.05, 4.69) is 4.98 Å². The summed E-state index contributed by atoms with van der Waals surface area (Å²) < 4.78 is 16.1. The van der Waals surface area contributed by atoms with Crippen molar-refractivity contribution in [2.75, 3.05) is 33.9 Å². The Morgan fingerprint density at radius 1 is 1.36 bits per heavy atom. The molecular formula is C18H22N2O5. The molecule has 1 aromatic heterocycles. The van der Waals surface area contributed by atoms with Gasteiger partial charge in [-0.15, -0.1) is 0 Å². The Morgan fingerprint density at radius 2 is 2.12 bits per heavy atom. The molecule has 0 radical (unpaired) electrons. The van der Waals surface area contributed by atoms with Crippen molar-refractivity contribution in [3.05, 3.63) is 36.4 Å². The van der Waals surface area contributed by atoms with Gasteiger partial charge in [0.1, 0.15) is 11.2 Å². The summed E-state index contributed by atoms with van der Waals surface area (Å²) in [6.45, 7) is 1.79. The first-order valence-corrected chi connectivity index (χ1v) is 8.10. The topological polar surface area (TPSA) is 85.0 Å². The normalized spacial score (nSPS) is 20.7. The van der Waals surface area contributed by atoms with Crippen molar-refractivity contribution in [2.45, 2.75) is 13.0 Å². The molecule has 1 aromatic carbocycles. The number of methoxy groups -OCH3 is 2. The standard InChI is InChI=1S/C18H22N2O5/c1-23-12-18(17(21)22)7-8-20(11-18)10-16-19-9-15(25-16)13-3-5-14(24-2)6-4-13/h3-6,9H,7-8,10-12H2,1-2H3,(H,21,22). The summed E-state index contributed by atoms with van der Waals surface area (Å²) in [5, 5.41) is 9.52. The average molecular weight is 346 g/mol. The highest BCUT2D eigenvalue weighted by atomic mass is 16.5. The smallest absolute Gasteiger partial charge is 0.313 e. The molecule has 1 aliphatic heterocycles. The number of aromatic nitrogens is 1. The van der Waals surface area contributed by atoms with Gasteiger partial charge in [-0.25, -0.2) is 4.98 Å². The Morgan fingerprint density at radius 3 is 2.76 bits per heavy atom. The molecule has 0 spiro atoms. The molecule has 2 heterocycles. The van der Waals surface area contributed by atoms with E-state index in [1.807, 2.05) is 29.2 Å². The van der Waals surface area contributed by atoms with Gasteiger partial charge >= 0.3 is 5.97 Å². The lowest BCUT2D eigenvalue weighted by molar-refractivity contribution is -0.151. The third kappa shape index (κ3) is 3.67. The van der Waals surface area contributed by atoms with E-state index in [1.54, 1.807) is 13.3 Å². The van der Waals surface area contributed by atoms with Crippen LogP contribution in [0.3, 0.4) is 0 Å². The number of oxazole rings is 1. The average Bonchev–Trinajstić information content (AvgIpc) is 3.24. The van der Waals surface area contributed by atoms with Gasteiger partial charge < -0.3 is 19.0 Å². The summed E-state index contributed by atoms with van der Waals surface area (Å²) in [4.78, 5) is 18.0. The monoisotopic (exact) mass is 346 g/mol. The van der Waals surface area contributed by atoms with E-state index in [0.29, 0.717) is 37.7 Å². The van der Waals surface area contributed by atoms with Crippen LogP contribution in [-0.4, -0.2) is 54.9 Å². The van der Waals surface area contributed by atoms with Crippen LogP contribution in [0.4, 0.5) is 0 Å². The van der Waals surface area contributed by atoms with Gasteiger partial charge in [0.05, 0.1) is 26.5 Å². The fourth-order valence-corrected chi connectivity index (χ4v) is 3.19. The van der Waals surface area contributed by atoms with Crippen LogP contribution in [-0.2, 0) is 16.1 Å². The van der Waals surface area contributed by atoms with Crippen LogP contribution in [0.1, 0.15) is 12.3 Å². The second-order valence-corrected chi connectivity index (χ2v) is 6.33. The van der Waals surface area contributed by atoms with Crippen LogP contribution in [0.25, 0.3) is 11.3 Å². The number of nitrogens with zero attached hydrogens (tertiary/aromatic N) is 2. The van der Waals surface area contributed by atoms with Gasteiger partial charge in [0.15, 0.2) is 5.76 Å². The quantitative estimate of drug-likeness (QED) is 0.823. The first kappa shape index (κ1) is 17.4. The zero-order valence-corrected chi connectivity index (χ0v) is 14.4. The van der Waals surface area contributed by atoms with Crippen molar-refractivity contribution in [1.29, 1.82) is 0 Å².